The predicted molar refractivity (Wildman–Crippen MR) is 53.5 cm³/mol. The van der Waals surface area contributed by atoms with Crippen LogP contribution in [0.3, 0.4) is 0 Å². The molecule has 0 aliphatic rings. The van der Waals surface area contributed by atoms with Crippen LogP contribution in [0, 0.1) is 0 Å². The molecule has 0 bridgehead atoms. The fourth-order valence-electron chi connectivity index (χ4n) is 1.29. The van der Waals surface area contributed by atoms with Crippen LogP contribution in [-0.2, 0) is 4.79 Å². The molecule has 0 unspecified atom stereocenters. The van der Waals surface area contributed by atoms with Gasteiger partial charge in [0.05, 0.1) is 5.52 Å². The number of aromatic amines is 1. The van der Waals surface area contributed by atoms with Crippen molar-refractivity contribution in [2.24, 2.45) is 0 Å². The van der Waals surface area contributed by atoms with Crippen molar-refractivity contribution in [3.05, 3.63) is 40.4 Å². The number of fused-ring (bicyclic) bond motifs is 1. The van der Waals surface area contributed by atoms with E-state index in [-0.39, 0.29) is 0 Å². The zero-order chi connectivity index (χ0) is 10.8. The predicted octanol–water partition coefficient (Wildman–Crippen LogP) is 1.22. The molecule has 2 rings (SSSR count). The second-order valence-electron chi connectivity index (χ2n) is 2.91. The molecule has 0 amide bonds. The summed E-state index contributed by atoms with van der Waals surface area (Å²) >= 11 is 0. The second-order valence-corrected chi connectivity index (χ2v) is 2.91. The summed E-state index contributed by atoms with van der Waals surface area (Å²) in [7, 11) is 0. The Kier molecular flexibility index (Phi) is 2.13. The van der Waals surface area contributed by atoms with Gasteiger partial charge in [0.2, 0.25) is 0 Å². The lowest BCUT2D eigenvalue weighted by atomic mass is 10.2. The third-order valence-electron chi connectivity index (χ3n) is 1.88. The summed E-state index contributed by atoms with van der Waals surface area (Å²) in [5.41, 5.74) is 1.46. The molecular weight excluding hydrogens is 198 g/mol. The number of aliphatic carboxylic acids is 1. The third-order valence-corrected chi connectivity index (χ3v) is 1.88. The smallest absolute Gasteiger partial charge is 0.417 e. The van der Waals surface area contributed by atoms with Gasteiger partial charge in [-0.25, -0.2) is 9.59 Å². The summed E-state index contributed by atoms with van der Waals surface area (Å²) in [6.45, 7) is 0. The number of aromatic nitrogens is 1. The molecule has 0 radical (unpaired) electrons. The van der Waals surface area contributed by atoms with Crippen molar-refractivity contribution in [3.8, 4) is 0 Å². The molecule has 2 aromatic rings. The molecule has 0 aliphatic heterocycles. The van der Waals surface area contributed by atoms with E-state index >= 15 is 0 Å². The van der Waals surface area contributed by atoms with Crippen LogP contribution >= 0.6 is 0 Å². The van der Waals surface area contributed by atoms with E-state index in [1.165, 1.54) is 6.08 Å². The van der Waals surface area contributed by atoms with Gasteiger partial charge < -0.3 is 9.52 Å². The largest absolute Gasteiger partial charge is 0.478 e. The van der Waals surface area contributed by atoms with E-state index in [0.29, 0.717) is 16.7 Å². The molecule has 76 valence electrons. The number of oxazole rings is 1. The SMILES string of the molecule is O=C(O)/C=C/c1cccc2[nH]c(=O)oc12. The highest BCUT2D eigenvalue weighted by Gasteiger charge is 2.03. The first-order chi connectivity index (χ1) is 7.16. The minimum absolute atomic E-state index is 0.361. The third kappa shape index (κ3) is 1.80. The lowest BCUT2D eigenvalue weighted by Crippen LogP contribution is -1.92. The van der Waals surface area contributed by atoms with Crippen LogP contribution in [0.15, 0.2) is 33.5 Å². The Morgan fingerprint density at radius 3 is 3.00 bits per heavy atom. The second kappa shape index (κ2) is 3.45. The Labute approximate surface area is 83.6 Å². The van der Waals surface area contributed by atoms with Crippen LogP contribution in [0.4, 0.5) is 0 Å². The lowest BCUT2D eigenvalue weighted by Gasteiger charge is -1.92. The van der Waals surface area contributed by atoms with E-state index in [4.69, 9.17) is 9.52 Å². The van der Waals surface area contributed by atoms with Gasteiger partial charge in [-0.15, -0.1) is 0 Å². The monoisotopic (exact) mass is 205 g/mol. The van der Waals surface area contributed by atoms with Gasteiger partial charge in [0.15, 0.2) is 5.58 Å². The first-order valence-electron chi connectivity index (χ1n) is 4.19. The van der Waals surface area contributed by atoms with Gasteiger partial charge in [0.25, 0.3) is 0 Å². The molecule has 1 aromatic heterocycles. The molecule has 0 saturated carbocycles. The first kappa shape index (κ1) is 9.26. The van der Waals surface area contributed by atoms with Crippen molar-refractivity contribution < 1.29 is 14.3 Å². The topological polar surface area (TPSA) is 83.3 Å². The van der Waals surface area contributed by atoms with E-state index < -0.39 is 11.7 Å². The standard InChI is InChI=1S/C10H7NO4/c12-8(13)5-4-6-2-1-3-7-9(6)15-10(14)11-7/h1-5H,(H,11,14)(H,12,13)/b5-4+. The van der Waals surface area contributed by atoms with Crippen LogP contribution in [0.2, 0.25) is 0 Å². The lowest BCUT2D eigenvalue weighted by molar-refractivity contribution is -0.131. The molecule has 2 N–H and O–H groups in total. The number of hydrogen-bond acceptors (Lipinski definition) is 3. The fourth-order valence-corrected chi connectivity index (χ4v) is 1.29. The van der Waals surface area contributed by atoms with E-state index in [0.717, 1.165) is 6.08 Å². The zero-order valence-electron chi connectivity index (χ0n) is 7.56. The Morgan fingerprint density at radius 1 is 1.47 bits per heavy atom. The fraction of sp³-hybridized carbons (Fsp3) is 0. The van der Waals surface area contributed by atoms with Gasteiger partial charge in [-0.3, -0.25) is 4.98 Å². The molecule has 5 nitrogen and oxygen atoms in total. The van der Waals surface area contributed by atoms with Crippen LogP contribution < -0.4 is 5.76 Å². The molecule has 0 atom stereocenters. The quantitative estimate of drug-likeness (QED) is 0.722. The number of carbonyl (C=O) groups is 1. The summed E-state index contributed by atoms with van der Waals surface area (Å²) in [6.07, 6.45) is 2.36. The average Bonchev–Trinajstić information content (AvgIpc) is 2.55. The molecular formula is C10H7NO4. The number of nitrogens with one attached hydrogen (secondary N) is 1. The highest BCUT2D eigenvalue weighted by atomic mass is 16.4. The molecule has 0 saturated heterocycles. The van der Waals surface area contributed by atoms with Crippen LogP contribution in [0.1, 0.15) is 5.56 Å². The Balaban J connectivity index is 2.60. The van der Waals surface area contributed by atoms with Crippen LogP contribution in [0.5, 0.6) is 0 Å². The number of rotatable bonds is 2. The van der Waals surface area contributed by atoms with Crippen LogP contribution in [0.25, 0.3) is 17.2 Å². The summed E-state index contributed by atoms with van der Waals surface area (Å²) in [4.78, 5) is 23.7. The summed E-state index contributed by atoms with van der Waals surface area (Å²) in [6, 6.07) is 5.05. The van der Waals surface area contributed by atoms with Gasteiger partial charge >= 0.3 is 11.7 Å². The summed E-state index contributed by atoms with van der Waals surface area (Å²) in [5.74, 6) is -1.61. The molecule has 1 heterocycles. The van der Waals surface area contributed by atoms with Gasteiger partial charge in [0.1, 0.15) is 0 Å². The van der Waals surface area contributed by atoms with E-state index in [2.05, 4.69) is 4.98 Å². The minimum atomic E-state index is -1.05. The highest BCUT2D eigenvalue weighted by Crippen LogP contribution is 2.16. The number of para-hydroxylation sites is 1. The van der Waals surface area contributed by atoms with Crippen LogP contribution in [-0.4, -0.2) is 16.1 Å². The van der Waals surface area contributed by atoms with Gasteiger partial charge in [-0.2, -0.15) is 0 Å². The number of carboxylic acid groups (broad SMARTS) is 1. The Bertz CT molecular complexity index is 591. The van der Waals surface area contributed by atoms with Crippen molar-refractivity contribution in [1.29, 1.82) is 0 Å². The maximum atomic E-state index is 10.9. The number of benzene rings is 1. The maximum absolute atomic E-state index is 10.9. The summed E-state index contributed by atoms with van der Waals surface area (Å²) < 4.78 is 4.88. The molecule has 0 aliphatic carbocycles. The van der Waals surface area contributed by atoms with E-state index in [1.807, 2.05) is 0 Å². The average molecular weight is 205 g/mol. The normalized spacial score (nSPS) is 11.2. The molecule has 15 heavy (non-hydrogen) atoms. The Hall–Kier alpha value is -2.30. The number of carboxylic acids is 1. The Morgan fingerprint density at radius 2 is 2.27 bits per heavy atom. The number of hydrogen-bond donors (Lipinski definition) is 2. The van der Waals surface area contributed by atoms with E-state index in [9.17, 15) is 9.59 Å². The highest BCUT2D eigenvalue weighted by molar-refractivity contribution is 5.90. The van der Waals surface area contributed by atoms with Crippen molar-refractivity contribution in [3.63, 3.8) is 0 Å². The van der Waals surface area contributed by atoms with Gasteiger partial charge in [-0.1, -0.05) is 12.1 Å². The zero-order valence-corrected chi connectivity index (χ0v) is 7.56. The summed E-state index contributed by atoms with van der Waals surface area (Å²) in [5, 5.41) is 8.47. The van der Waals surface area contributed by atoms with Gasteiger partial charge in [0, 0.05) is 11.6 Å². The number of H-pyrrole nitrogens is 1. The van der Waals surface area contributed by atoms with Crippen molar-refractivity contribution in [2.45, 2.75) is 0 Å². The van der Waals surface area contributed by atoms with Crippen molar-refractivity contribution in [1.82, 2.24) is 4.98 Å². The first-order valence-corrected chi connectivity index (χ1v) is 4.19. The molecule has 1 aromatic carbocycles. The van der Waals surface area contributed by atoms with Crippen molar-refractivity contribution >= 4 is 23.1 Å². The molecule has 0 fully saturated rings. The minimum Gasteiger partial charge on any atom is -0.478 e. The maximum Gasteiger partial charge on any atom is 0.417 e. The molecule has 5 heteroatoms. The van der Waals surface area contributed by atoms with E-state index in [1.54, 1.807) is 18.2 Å². The van der Waals surface area contributed by atoms with Gasteiger partial charge in [-0.05, 0) is 12.1 Å². The molecule has 0 spiro atoms. The van der Waals surface area contributed by atoms with Crippen molar-refractivity contribution in [2.75, 3.05) is 0 Å².